The smallest absolute Gasteiger partial charge is 0.252 e. The third kappa shape index (κ3) is 4.81. The van der Waals surface area contributed by atoms with E-state index in [4.69, 9.17) is 4.74 Å². The van der Waals surface area contributed by atoms with Crippen molar-refractivity contribution in [2.75, 3.05) is 7.11 Å². The monoisotopic (exact) mass is 463 g/mol. The molecule has 0 radical (unpaired) electrons. The molecule has 7 nitrogen and oxygen atoms in total. The van der Waals surface area contributed by atoms with Gasteiger partial charge >= 0.3 is 0 Å². The second-order valence-electron chi connectivity index (χ2n) is 7.98. The van der Waals surface area contributed by atoms with Crippen molar-refractivity contribution in [2.24, 2.45) is 0 Å². The SMILES string of the molecule is COc1ccc(S(=O)(=O)N(Cc2cccnc2)Cc2cc3c(C)cc(C)cc3[nH]c2=O)cc1. The summed E-state index contributed by atoms with van der Waals surface area (Å²) in [6, 6.07) is 15.5. The molecule has 0 aliphatic heterocycles. The number of hydrogen-bond donors (Lipinski definition) is 1. The Kier molecular flexibility index (Phi) is 6.31. The van der Waals surface area contributed by atoms with Gasteiger partial charge in [0.05, 0.1) is 12.0 Å². The lowest BCUT2D eigenvalue weighted by Crippen LogP contribution is -2.32. The van der Waals surface area contributed by atoms with Crippen LogP contribution in [0.2, 0.25) is 0 Å². The molecule has 0 amide bonds. The number of pyridine rings is 2. The fourth-order valence-corrected chi connectivity index (χ4v) is 5.25. The van der Waals surface area contributed by atoms with E-state index in [1.807, 2.05) is 26.0 Å². The Morgan fingerprint density at radius 3 is 2.45 bits per heavy atom. The van der Waals surface area contributed by atoms with Gasteiger partial charge < -0.3 is 9.72 Å². The third-order valence-corrected chi connectivity index (χ3v) is 7.32. The van der Waals surface area contributed by atoms with Crippen molar-refractivity contribution in [3.8, 4) is 5.75 Å². The zero-order chi connectivity index (χ0) is 23.6. The molecule has 2 heterocycles. The Bertz CT molecular complexity index is 1450. The highest BCUT2D eigenvalue weighted by molar-refractivity contribution is 7.89. The van der Waals surface area contributed by atoms with Crippen LogP contribution in [0, 0.1) is 13.8 Å². The van der Waals surface area contributed by atoms with E-state index in [1.165, 1.54) is 23.5 Å². The molecule has 1 N–H and O–H groups in total. The normalized spacial score (nSPS) is 11.8. The highest BCUT2D eigenvalue weighted by Gasteiger charge is 2.26. The van der Waals surface area contributed by atoms with Crippen LogP contribution in [0.5, 0.6) is 5.75 Å². The maximum Gasteiger partial charge on any atom is 0.252 e. The predicted octanol–water partition coefficient (Wildman–Crippen LogP) is 3.94. The summed E-state index contributed by atoms with van der Waals surface area (Å²) >= 11 is 0. The highest BCUT2D eigenvalue weighted by atomic mass is 32.2. The van der Waals surface area contributed by atoms with Gasteiger partial charge in [-0.15, -0.1) is 0 Å². The molecule has 2 aromatic carbocycles. The lowest BCUT2D eigenvalue weighted by atomic mass is 10.0. The Hall–Kier alpha value is -3.49. The van der Waals surface area contributed by atoms with Crippen molar-refractivity contribution >= 4 is 20.9 Å². The van der Waals surface area contributed by atoms with Gasteiger partial charge in [0.15, 0.2) is 0 Å². The van der Waals surface area contributed by atoms with E-state index in [9.17, 15) is 13.2 Å². The van der Waals surface area contributed by atoms with E-state index >= 15 is 0 Å². The summed E-state index contributed by atoms with van der Waals surface area (Å²) in [5, 5.41) is 0.887. The number of hydrogen-bond acceptors (Lipinski definition) is 5. The fraction of sp³-hybridized carbons (Fsp3) is 0.200. The number of nitrogens with zero attached hydrogens (tertiary/aromatic N) is 2. The topological polar surface area (TPSA) is 92.4 Å². The summed E-state index contributed by atoms with van der Waals surface area (Å²) in [6.45, 7) is 3.93. The minimum absolute atomic E-state index is 0.0760. The summed E-state index contributed by atoms with van der Waals surface area (Å²) in [5.41, 5.74) is 3.57. The van der Waals surface area contributed by atoms with Gasteiger partial charge in [-0.1, -0.05) is 12.1 Å². The van der Waals surface area contributed by atoms with Gasteiger partial charge in [0.2, 0.25) is 10.0 Å². The summed E-state index contributed by atoms with van der Waals surface area (Å²) in [4.78, 5) is 20.0. The van der Waals surface area contributed by atoms with Crippen molar-refractivity contribution in [3.63, 3.8) is 0 Å². The van der Waals surface area contributed by atoms with Crippen molar-refractivity contribution in [2.45, 2.75) is 31.8 Å². The van der Waals surface area contributed by atoms with Gasteiger partial charge in [-0.3, -0.25) is 9.78 Å². The van der Waals surface area contributed by atoms with Crippen LogP contribution in [-0.4, -0.2) is 29.8 Å². The quantitative estimate of drug-likeness (QED) is 0.448. The fourth-order valence-electron chi connectivity index (χ4n) is 3.84. The van der Waals surface area contributed by atoms with Gasteiger partial charge in [-0.05, 0) is 73.0 Å². The molecule has 0 spiro atoms. The Morgan fingerprint density at radius 2 is 1.79 bits per heavy atom. The average molecular weight is 464 g/mol. The van der Waals surface area contributed by atoms with Gasteiger partial charge in [-0.25, -0.2) is 8.42 Å². The summed E-state index contributed by atoms with van der Waals surface area (Å²) < 4.78 is 33.6. The van der Waals surface area contributed by atoms with Crippen molar-refractivity contribution in [3.05, 3.63) is 99.6 Å². The molecular formula is C25H25N3O4S. The molecule has 0 aliphatic carbocycles. The largest absolute Gasteiger partial charge is 0.497 e. The molecule has 8 heteroatoms. The van der Waals surface area contributed by atoms with Gasteiger partial charge in [0.25, 0.3) is 5.56 Å². The molecule has 0 atom stereocenters. The molecule has 0 unspecified atom stereocenters. The minimum atomic E-state index is -3.91. The first-order chi connectivity index (χ1) is 15.8. The van der Waals surface area contributed by atoms with Crippen LogP contribution in [0.25, 0.3) is 10.9 Å². The van der Waals surface area contributed by atoms with Crippen LogP contribution in [0.1, 0.15) is 22.3 Å². The van der Waals surface area contributed by atoms with Crippen LogP contribution < -0.4 is 10.3 Å². The van der Waals surface area contributed by atoms with Crippen LogP contribution in [0.15, 0.2) is 76.7 Å². The summed E-state index contributed by atoms with van der Waals surface area (Å²) in [6.07, 6.45) is 3.25. The van der Waals surface area contributed by atoms with E-state index in [0.717, 1.165) is 27.6 Å². The number of nitrogens with one attached hydrogen (secondary N) is 1. The molecule has 4 rings (SSSR count). The lowest BCUT2D eigenvalue weighted by molar-refractivity contribution is 0.398. The number of ether oxygens (including phenoxy) is 1. The number of aryl methyl sites for hydroxylation is 2. The van der Waals surface area contributed by atoms with E-state index in [2.05, 4.69) is 9.97 Å². The highest BCUT2D eigenvalue weighted by Crippen LogP contribution is 2.24. The number of methoxy groups -OCH3 is 1. The number of aromatic nitrogens is 2. The Labute approximate surface area is 192 Å². The second-order valence-corrected chi connectivity index (χ2v) is 9.91. The molecule has 0 saturated heterocycles. The molecule has 170 valence electrons. The maximum absolute atomic E-state index is 13.6. The number of rotatable bonds is 7. The molecule has 33 heavy (non-hydrogen) atoms. The minimum Gasteiger partial charge on any atom is -0.497 e. The van der Waals surface area contributed by atoms with E-state index in [1.54, 1.807) is 42.7 Å². The van der Waals surface area contributed by atoms with Crippen LogP contribution in [0.3, 0.4) is 0 Å². The van der Waals surface area contributed by atoms with Crippen LogP contribution in [-0.2, 0) is 23.1 Å². The summed E-state index contributed by atoms with van der Waals surface area (Å²) in [5.74, 6) is 0.560. The molecule has 0 saturated carbocycles. The number of benzene rings is 2. The average Bonchev–Trinajstić information content (AvgIpc) is 2.80. The van der Waals surface area contributed by atoms with Gasteiger partial charge in [0, 0.05) is 41.9 Å². The maximum atomic E-state index is 13.6. The Morgan fingerprint density at radius 1 is 1.03 bits per heavy atom. The van der Waals surface area contributed by atoms with E-state index in [0.29, 0.717) is 11.3 Å². The van der Waals surface area contributed by atoms with Crippen molar-refractivity contribution in [1.29, 1.82) is 0 Å². The molecule has 0 fully saturated rings. The predicted molar refractivity (Wildman–Crippen MR) is 128 cm³/mol. The second kappa shape index (κ2) is 9.17. The van der Waals surface area contributed by atoms with E-state index in [-0.39, 0.29) is 23.5 Å². The standard InChI is InChI=1S/C25H25N3O4S/c1-17-11-18(2)23-13-20(25(29)27-24(23)12-17)16-28(15-19-5-4-10-26-14-19)33(30,31)22-8-6-21(32-3)7-9-22/h4-14H,15-16H2,1-3H3,(H,27,29). The number of fused-ring (bicyclic) bond motifs is 1. The number of sulfonamides is 1. The Balaban J connectivity index is 1.78. The number of aromatic amines is 1. The zero-order valence-electron chi connectivity index (χ0n) is 18.7. The lowest BCUT2D eigenvalue weighted by Gasteiger charge is -2.22. The van der Waals surface area contributed by atoms with Crippen molar-refractivity contribution in [1.82, 2.24) is 14.3 Å². The first kappa shape index (κ1) is 22.7. The third-order valence-electron chi connectivity index (χ3n) is 5.52. The molecular weight excluding hydrogens is 438 g/mol. The number of H-pyrrole nitrogens is 1. The zero-order valence-corrected chi connectivity index (χ0v) is 19.5. The first-order valence-electron chi connectivity index (χ1n) is 10.4. The van der Waals surface area contributed by atoms with Crippen LogP contribution >= 0.6 is 0 Å². The molecule has 2 aromatic heterocycles. The summed E-state index contributed by atoms with van der Waals surface area (Å²) in [7, 11) is -2.39. The van der Waals surface area contributed by atoms with Crippen LogP contribution in [0.4, 0.5) is 0 Å². The first-order valence-corrected chi connectivity index (χ1v) is 11.9. The molecule has 0 aliphatic rings. The van der Waals surface area contributed by atoms with Gasteiger partial charge in [0.1, 0.15) is 5.75 Å². The van der Waals surface area contributed by atoms with E-state index < -0.39 is 10.0 Å². The van der Waals surface area contributed by atoms with Crippen molar-refractivity contribution < 1.29 is 13.2 Å². The van der Waals surface area contributed by atoms with Gasteiger partial charge in [-0.2, -0.15) is 4.31 Å². The molecule has 0 bridgehead atoms. The molecule has 4 aromatic rings.